The summed E-state index contributed by atoms with van der Waals surface area (Å²) in [4.78, 5) is 37.0. The van der Waals surface area contributed by atoms with E-state index in [-0.39, 0.29) is 12.2 Å². The number of Topliss-reactive ketones (excluding diaryl/α,β-unsaturated/α-hetero) is 1. The predicted octanol–water partition coefficient (Wildman–Crippen LogP) is 3.33. The van der Waals surface area contributed by atoms with E-state index in [2.05, 4.69) is 5.32 Å². The highest BCUT2D eigenvalue weighted by Gasteiger charge is 2.25. The van der Waals surface area contributed by atoms with Gasteiger partial charge in [0.15, 0.2) is 12.4 Å². The van der Waals surface area contributed by atoms with Crippen LogP contribution in [0.1, 0.15) is 26.5 Å². The Morgan fingerprint density at radius 1 is 1.00 bits per heavy atom. The normalized spacial score (nSPS) is 11.5. The lowest BCUT2D eigenvalue weighted by atomic mass is 10.1. The van der Waals surface area contributed by atoms with Crippen molar-refractivity contribution in [3.63, 3.8) is 0 Å². The fourth-order valence-electron chi connectivity index (χ4n) is 2.71. The molecule has 1 aromatic heterocycles. The van der Waals surface area contributed by atoms with Gasteiger partial charge in [0, 0.05) is 6.42 Å². The molecule has 0 bridgehead atoms. The largest absolute Gasteiger partial charge is 0.459 e. The second-order valence-corrected chi connectivity index (χ2v) is 6.35. The van der Waals surface area contributed by atoms with Crippen LogP contribution in [0.4, 0.5) is 8.78 Å². The first-order valence-corrected chi connectivity index (χ1v) is 8.97. The summed E-state index contributed by atoms with van der Waals surface area (Å²) in [6, 6.07) is 13.1. The van der Waals surface area contributed by atoms with E-state index in [1.807, 2.05) is 0 Å². The first-order chi connectivity index (χ1) is 14.4. The summed E-state index contributed by atoms with van der Waals surface area (Å²) in [6.45, 7) is -0.804. The van der Waals surface area contributed by atoms with Crippen molar-refractivity contribution in [2.24, 2.45) is 0 Å². The summed E-state index contributed by atoms with van der Waals surface area (Å²) < 4.78 is 37.0. The predicted molar refractivity (Wildman–Crippen MR) is 102 cm³/mol. The zero-order valence-corrected chi connectivity index (χ0v) is 15.6. The van der Waals surface area contributed by atoms with Crippen LogP contribution in [0.15, 0.2) is 71.3 Å². The third kappa shape index (κ3) is 5.38. The number of amides is 1. The number of hydrogen-bond donors (Lipinski definition) is 1. The maximum Gasteiger partial charge on any atom is 0.329 e. The molecular formula is C22H17F2NO5. The van der Waals surface area contributed by atoms with E-state index in [9.17, 15) is 23.2 Å². The van der Waals surface area contributed by atoms with Crippen LogP contribution >= 0.6 is 0 Å². The number of hydrogen-bond acceptors (Lipinski definition) is 5. The fourth-order valence-corrected chi connectivity index (χ4v) is 2.71. The van der Waals surface area contributed by atoms with Gasteiger partial charge in [-0.2, -0.15) is 0 Å². The molecule has 0 saturated heterocycles. The van der Waals surface area contributed by atoms with Crippen molar-refractivity contribution in [2.75, 3.05) is 6.61 Å². The molecule has 3 rings (SSSR count). The van der Waals surface area contributed by atoms with E-state index >= 15 is 0 Å². The third-order valence-corrected chi connectivity index (χ3v) is 4.19. The van der Waals surface area contributed by atoms with E-state index in [1.54, 1.807) is 30.3 Å². The van der Waals surface area contributed by atoms with Crippen molar-refractivity contribution in [2.45, 2.75) is 12.5 Å². The van der Waals surface area contributed by atoms with Gasteiger partial charge >= 0.3 is 5.97 Å². The lowest BCUT2D eigenvalue weighted by molar-refractivity contribution is -0.144. The number of benzene rings is 2. The van der Waals surface area contributed by atoms with Crippen molar-refractivity contribution < 1.29 is 32.3 Å². The minimum atomic E-state index is -1.13. The highest BCUT2D eigenvalue weighted by molar-refractivity contribution is 5.99. The van der Waals surface area contributed by atoms with Crippen LogP contribution < -0.4 is 5.32 Å². The monoisotopic (exact) mass is 413 g/mol. The first-order valence-electron chi connectivity index (χ1n) is 8.97. The van der Waals surface area contributed by atoms with Crippen molar-refractivity contribution >= 4 is 17.7 Å². The molecular weight excluding hydrogens is 396 g/mol. The second kappa shape index (κ2) is 9.60. The smallest absolute Gasteiger partial charge is 0.329 e. The lowest BCUT2D eigenvalue weighted by Gasteiger charge is -2.17. The lowest BCUT2D eigenvalue weighted by Crippen LogP contribution is -2.43. The number of rotatable bonds is 8. The highest BCUT2D eigenvalue weighted by Crippen LogP contribution is 2.12. The van der Waals surface area contributed by atoms with E-state index in [0.717, 1.165) is 23.8 Å². The number of esters is 1. The molecule has 0 aliphatic rings. The Morgan fingerprint density at radius 2 is 1.77 bits per heavy atom. The molecule has 1 heterocycles. The van der Waals surface area contributed by atoms with Crippen LogP contribution in [-0.2, 0) is 16.0 Å². The molecule has 6 nitrogen and oxygen atoms in total. The van der Waals surface area contributed by atoms with Crippen molar-refractivity contribution in [1.29, 1.82) is 0 Å². The zero-order valence-electron chi connectivity index (χ0n) is 15.6. The third-order valence-electron chi connectivity index (χ3n) is 4.19. The van der Waals surface area contributed by atoms with Gasteiger partial charge in [-0.3, -0.25) is 9.59 Å². The summed E-state index contributed by atoms with van der Waals surface area (Å²) in [5, 5.41) is 2.50. The number of nitrogens with one attached hydrogen (secondary N) is 1. The van der Waals surface area contributed by atoms with Gasteiger partial charge < -0.3 is 14.5 Å². The van der Waals surface area contributed by atoms with Crippen LogP contribution in [0.5, 0.6) is 0 Å². The van der Waals surface area contributed by atoms with E-state index in [0.29, 0.717) is 0 Å². The van der Waals surface area contributed by atoms with Crippen LogP contribution in [0.2, 0.25) is 0 Å². The van der Waals surface area contributed by atoms with Gasteiger partial charge in [0.1, 0.15) is 17.7 Å². The molecule has 0 aliphatic carbocycles. The van der Waals surface area contributed by atoms with Crippen molar-refractivity contribution in [3.05, 3.63) is 95.4 Å². The Bertz CT molecular complexity index is 1030. The molecule has 1 amide bonds. The molecule has 1 unspecified atom stereocenters. The number of furan rings is 1. The highest BCUT2D eigenvalue weighted by atomic mass is 19.1. The minimum Gasteiger partial charge on any atom is -0.459 e. The number of carbonyl (C=O) groups excluding carboxylic acids is 3. The number of ketones is 1. The van der Waals surface area contributed by atoms with Gasteiger partial charge in [0.2, 0.25) is 5.78 Å². The topological polar surface area (TPSA) is 85.6 Å². The quantitative estimate of drug-likeness (QED) is 0.452. The minimum absolute atomic E-state index is 0.00114. The molecule has 2 aromatic carbocycles. The summed E-state index contributed by atoms with van der Waals surface area (Å²) in [6.07, 6.45) is 1.40. The van der Waals surface area contributed by atoms with Gasteiger partial charge in [-0.15, -0.1) is 0 Å². The summed E-state index contributed by atoms with van der Waals surface area (Å²) in [5.41, 5.74) is 0.212. The standard InChI is InChI=1S/C22H17F2NO5/c23-15-8-9-17(24)16(12-15)19(26)13-30-22(28)18(11-14-5-2-1-3-6-14)25-21(27)20-7-4-10-29-20/h1-10,12,18H,11,13H2,(H,25,27). The van der Waals surface area contributed by atoms with Gasteiger partial charge in [0.05, 0.1) is 11.8 Å². The number of ether oxygens (including phenoxy) is 1. The maximum absolute atomic E-state index is 13.7. The van der Waals surface area contributed by atoms with Gasteiger partial charge in [-0.1, -0.05) is 30.3 Å². The van der Waals surface area contributed by atoms with E-state index < -0.39 is 47.5 Å². The second-order valence-electron chi connectivity index (χ2n) is 6.35. The average molecular weight is 413 g/mol. The summed E-state index contributed by atoms with van der Waals surface area (Å²) in [7, 11) is 0. The molecule has 154 valence electrons. The molecule has 0 spiro atoms. The van der Waals surface area contributed by atoms with Crippen LogP contribution in [0, 0.1) is 11.6 Å². The van der Waals surface area contributed by atoms with Crippen LogP contribution in [-0.4, -0.2) is 30.3 Å². The summed E-state index contributed by atoms with van der Waals surface area (Å²) in [5.74, 6) is -4.16. The maximum atomic E-state index is 13.7. The molecule has 0 radical (unpaired) electrons. The van der Waals surface area contributed by atoms with Crippen molar-refractivity contribution in [1.82, 2.24) is 5.32 Å². The molecule has 1 atom stereocenters. The number of carbonyl (C=O) groups is 3. The molecule has 0 fully saturated rings. The summed E-state index contributed by atoms with van der Waals surface area (Å²) >= 11 is 0. The van der Waals surface area contributed by atoms with Crippen molar-refractivity contribution in [3.8, 4) is 0 Å². The SMILES string of the molecule is O=C(NC(Cc1ccccc1)C(=O)OCC(=O)c1cc(F)ccc1F)c1ccco1. The van der Waals surface area contributed by atoms with E-state index in [4.69, 9.17) is 9.15 Å². The van der Waals surface area contributed by atoms with Crippen LogP contribution in [0.3, 0.4) is 0 Å². The first kappa shape index (κ1) is 20.9. The van der Waals surface area contributed by atoms with Gasteiger partial charge in [-0.25, -0.2) is 13.6 Å². The Morgan fingerprint density at radius 3 is 2.47 bits per heavy atom. The molecule has 30 heavy (non-hydrogen) atoms. The van der Waals surface area contributed by atoms with E-state index in [1.165, 1.54) is 18.4 Å². The van der Waals surface area contributed by atoms with Crippen LogP contribution in [0.25, 0.3) is 0 Å². The van der Waals surface area contributed by atoms with Gasteiger partial charge in [0.25, 0.3) is 5.91 Å². The molecule has 1 N–H and O–H groups in total. The average Bonchev–Trinajstić information content (AvgIpc) is 3.29. The Hall–Kier alpha value is -3.81. The molecule has 3 aromatic rings. The molecule has 0 aliphatic heterocycles. The van der Waals surface area contributed by atoms with Gasteiger partial charge in [-0.05, 0) is 35.9 Å². The fraction of sp³-hybridized carbons (Fsp3) is 0.136. The Balaban J connectivity index is 1.70. The Labute approximate surface area is 170 Å². The Kier molecular flexibility index (Phi) is 6.69. The molecule has 8 heteroatoms. The zero-order chi connectivity index (χ0) is 21.5. The number of halogens is 2. The molecule has 0 saturated carbocycles.